The first-order chi connectivity index (χ1) is 9.45. The van der Waals surface area contributed by atoms with Crippen LogP contribution in [0.2, 0.25) is 0 Å². The number of hydrogen-bond donors (Lipinski definition) is 1. The number of aromatic carboxylic acids is 1. The molecule has 0 unspecified atom stereocenters. The van der Waals surface area contributed by atoms with Crippen LogP contribution in [0.3, 0.4) is 0 Å². The minimum absolute atomic E-state index is 0.196. The van der Waals surface area contributed by atoms with Gasteiger partial charge >= 0.3 is 5.97 Å². The Morgan fingerprint density at radius 2 is 1.80 bits per heavy atom. The molecule has 0 saturated carbocycles. The summed E-state index contributed by atoms with van der Waals surface area (Å²) in [6, 6.07) is 11.3. The van der Waals surface area contributed by atoms with Gasteiger partial charge in [-0.15, -0.1) is 0 Å². The highest BCUT2D eigenvalue weighted by atomic mass is 127. The van der Waals surface area contributed by atoms with Crippen molar-refractivity contribution in [2.24, 2.45) is 0 Å². The molecule has 0 amide bonds. The molecule has 0 aromatic heterocycles. The Bertz CT molecular complexity index is 630. The molecule has 0 aliphatic carbocycles. The number of carbonyl (C=O) groups is 1. The summed E-state index contributed by atoms with van der Waals surface area (Å²) in [6.45, 7) is 4.43. The van der Waals surface area contributed by atoms with E-state index in [-0.39, 0.29) is 5.56 Å². The van der Waals surface area contributed by atoms with Crippen LogP contribution in [0.25, 0.3) is 0 Å². The highest BCUT2D eigenvalue weighted by molar-refractivity contribution is 14.1. The van der Waals surface area contributed by atoms with E-state index in [0.29, 0.717) is 12.4 Å². The van der Waals surface area contributed by atoms with Crippen molar-refractivity contribution in [3.05, 3.63) is 62.2 Å². The normalized spacial score (nSPS) is 10.3. The third-order valence-corrected chi connectivity index (χ3v) is 3.52. The zero-order chi connectivity index (χ0) is 14.7. The van der Waals surface area contributed by atoms with Gasteiger partial charge in [-0.3, -0.25) is 0 Å². The highest BCUT2D eigenvalue weighted by Crippen LogP contribution is 2.22. The zero-order valence-electron chi connectivity index (χ0n) is 11.3. The van der Waals surface area contributed by atoms with Gasteiger partial charge in [-0.05, 0) is 60.2 Å². The van der Waals surface area contributed by atoms with Crippen LogP contribution in [0.1, 0.15) is 27.0 Å². The van der Waals surface area contributed by atoms with Gasteiger partial charge in [0.15, 0.2) is 0 Å². The summed E-state index contributed by atoms with van der Waals surface area (Å²) in [5, 5.41) is 9.19. The van der Waals surface area contributed by atoms with Gasteiger partial charge in [-0.1, -0.05) is 29.3 Å². The maximum Gasteiger partial charge on any atom is 0.339 e. The molecule has 2 rings (SSSR count). The smallest absolute Gasteiger partial charge is 0.339 e. The molecule has 0 atom stereocenters. The molecule has 4 heteroatoms. The lowest BCUT2D eigenvalue weighted by Crippen LogP contribution is -2.04. The van der Waals surface area contributed by atoms with E-state index in [1.54, 1.807) is 12.1 Å². The van der Waals surface area contributed by atoms with E-state index in [0.717, 1.165) is 9.13 Å². The predicted molar refractivity (Wildman–Crippen MR) is 86.4 cm³/mol. The predicted octanol–water partition coefficient (Wildman–Crippen LogP) is 4.19. The van der Waals surface area contributed by atoms with E-state index < -0.39 is 5.97 Å². The van der Waals surface area contributed by atoms with E-state index in [1.807, 2.05) is 32.0 Å². The molecule has 104 valence electrons. The Labute approximate surface area is 131 Å². The van der Waals surface area contributed by atoms with Crippen molar-refractivity contribution >= 4 is 28.6 Å². The maximum absolute atomic E-state index is 11.2. The molecule has 0 fully saturated rings. The van der Waals surface area contributed by atoms with Crippen molar-refractivity contribution < 1.29 is 14.6 Å². The third-order valence-electron chi connectivity index (χ3n) is 2.85. The largest absolute Gasteiger partial charge is 0.488 e. The van der Waals surface area contributed by atoms with E-state index >= 15 is 0 Å². The van der Waals surface area contributed by atoms with Crippen LogP contribution in [0.15, 0.2) is 36.4 Å². The summed E-state index contributed by atoms with van der Waals surface area (Å²) in [6.07, 6.45) is 0. The number of carboxylic acids is 1. The molecule has 0 aliphatic heterocycles. The van der Waals surface area contributed by atoms with Crippen LogP contribution < -0.4 is 4.74 Å². The first kappa shape index (κ1) is 14.8. The molecule has 0 aliphatic rings. The first-order valence-electron chi connectivity index (χ1n) is 6.18. The Balaban J connectivity index is 2.20. The average molecular weight is 382 g/mol. The fraction of sp³-hybridized carbons (Fsp3) is 0.188. The van der Waals surface area contributed by atoms with Gasteiger partial charge in [0, 0.05) is 3.57 Å². The molecule has 3 nitrogen and oxygen atoms in total. The van der Waals surface area contributed by atoms with Crippen molar-refractivity contribution in [2.45, 2.75) is 20.5 Å². The minimum atomic E-state index is -0.973. The lowest BCUT2D eigenvalue weighted by atomic mass is 10.1. The summed E-state index contributed by atoms with van der Waals surface area (Å²) in [7, 11) is 0. The molecule has 0 heterocycles. The van der Waals surface area contributed by atoms with Crippen molar-refractivity contribution in [2.75, 3.05) is 0 Å². The number of carboxylic acid groups (broad SMARTS) is 1. The van der Waals surface area contributed by atoms with Gasteiger partial charge in [0.05, 0.1) is 0 Å². The van der Waals surface area contributed by atoms with Gasteiger partial charge in [0.2, 0.25) is 0 Å². The number of rotatable bonds is 4. The number of aryl methyl sites for hydroxylation is 2. The van der Waals surface area contributed by atoms with E-state index in [2.05, 4.69) is 28.7 Å². The topological polar surface area (TPSA) is 46.5 Å². The average Bonchev–Trinajstić information content (AvgIpc) is 2.36. The molecule has 2 aromatic carbocycles. The monoisotopic (exact) mass is 382 g/mol. The summed E-state index contributed by atoms with van der Waals surface area (Å²) in [5.41, 5.74) is 3.58. The van der Waals surface area contributed by atoms with Crippen molar-refractivity contribution in [1.29, 1.82) is 0 Å². The SMILES string of the molecule is Cc1cc(C)cc(COc2ccc(I)cc2C(=O)O)c1. The summed E-state index contributed by atoms with van der Waals surface area (Å²) < 4.78 is 6.54. The van der Waals surface area contributed by atoms with Crippen LogP contribution in [-0.2, 0) is 6.61 Å². The summed E-state index contributed by atoms with van der Waals surface area (Å²) in [5.74, 6) is -0.573. The fourth-order valence-corrected chi connectivity index (χ4v) is 2.60. The van der Waals surface area contributed by atoms with Crippen LogP contribution in [0, 0.1) is 17.4 Å². The number of benzene rings is 2. The molecule has 0 spiro atoms. The second kappa shape index (κ2) is 6.26. The van der Waals surface area contributed by atoms with E-state index in [9.17, 15) is 9.90 Å². The van der Waals surface area contributed by atoms with Crippen molar-refractivity contribution in [1.82, 2.24) is 0 Å². The Kier molecular flexibility index (Phi) is 4.65. The standard InChI is InChI=1S/C16H15IO3/c1-10-5-11(2)7-12(6-10)9-20-15-4-3-13(17)8-14(15)16(18)19/h3-8H,9H2,1-2H3,(H,18,19). The van der Waals surface area contributed by atoms with E-state index in [1.165, 1.54) is 11.1 Å². The molecule has 2 aromatic rings. The molecule has 0 bridgehead atoms. The zero-order valence-corrected chi connectivity index (χ0v) is 13.5. The third kappa shape index (κ3) is 3.72. The fourth-order valence-electron chi connectivity index (χ4n) is 2.11. The van der Waals surface area contributed by atoms with Crippen molar-refractivity contribution in [3.63, 3.8) is 0 Å². The van der Waals surface area contributed by atoms with Gasteiger partial charge in [-0.25, -0.2) is 4.79 Å². The van der Waals surface area contributed by atoms with E-state index in [4.69, 9.17) is 4.74 Å². The Morgan fingerprint density at radius 1 is 1.15 bits per heavy atom. The number of hydrogen-bond acceptors (Lipinski definition) is 2. The minimum Gasteiger partial charge on any atom is -0.488 e. The number of ether oxygens (including phenoxy) is 1. The second-order valence-electron chi connectivity index (χ2n) is 4.73. The van der Waals surface area contributed by atoms with Crippen LogP contribution in [-0.4, -0.2) is 11.1 Å². The lowest BCUT2D eigenvalue weighted by Gasteiger charge is -2.10. The summed E-state index contributed by atoms with van der Waals surface area (Å²) in [4.78, 5) is 11.2. The van der Waals surface area contributed by atoms with Gasteiger partial charge in [-0.2, -0.15) is 0 Å². The Hall–Kier alpha value is -1.56. The molecular formula is C16H15IO3. The highest BCUT2D eigenvalue weighted by Gasteiger charge is 2.12. The summed E-state index contributed by atoms with van der Waals surface area (Å²) >= 11 is 2.09. The maximum atomic E-state index is 11.2. The van der Waals surface area contributed by atoms with Gasteiger partial charge in [0.25, 0.3) is 0 Å². The molecular weight excluding hydrogens is 367 g/mol. The van der Waals surface area contributed by atoms with Crippen LogP contribution in [0.4, 0.5) is 0 Å². The molecule has 0 saturated heterocycles. The first-order valence-corrected chi connectivity index (χ1v) is 7.26. The molecule has 1 N–H and O–H groups in total. The Morgan fingerprint density at radius 3 is 2.40 bits per heavy atom. The molecule has 0 radical (unpaired) electrons. The number of halogens is 1. The lowest BCUT2D eigenvalue weighted by molar-refractivity contribution is 0.0691. The van der Waals surface area contributed by atoms with Gasteiger partial charge < -0.3 is 9.84 Å². The van der Waals surface area contributed by atoms with Crippen LogP contribution >= 0.6 is 22.6 Å². The van der Waals surface area contributed by atoms with Crippen molar-refractivity contribution in [3.8, 4) is 5.75 Å². The second-order valence-corrected chi connectivity index (χ2v) is 5.98. The van der Waals surface area contributed by atoms with Crippen LogP contribution in [0.5, 0.6) is 5.75 Å². The quantitative estimate of drug-likeness (QED) is 0.807. The molecule has 20 heavy (non-hydrogen) atoms. The van der Waals surface area contributed by atoms with Gasteiger partial charge in [0.1, 0.15) is 17.9 Å².